The molecule has 1 nitrogen and oxygen atoms in total. The van der Waals surface area contributed by atoms with Gasteiger partial charge >= 0.3 is 0 Å². The Balaban J connectivity index is 2.05. The summed E-state index contributed by atoms with van der Waals surface area (Å²) in [5.74, 6) is -0.115. The first-order valence-electron chi connectivity index (χ1n) is 4.43. The number of hydrogen-bond donors (Lipinski definition) is 1. The van der Waals surface area contributed by atoms with Crippen LogP contribution in [-0.4, -0.2) is 6.04 Å². The van der Waals surface area contributed by atoms with Crippen molar-refractivity contribution < 1.29 is 4.39 Å². The maximum atomic E-state index is 13.1. The van der Waals surface area contributed by atoms with Gasteiger partial charge in [0.2, 0.25) is 0 Å². The number of nitrogens with one attached hydrogen (secondary N) is 1. The molecule has 1 N–H and O–H groups in total. The van der Waals surface area contributed by atoms with Crippen molar-refractivity contribution in [1.82, 2.24) is 5.32 Å². The highest BCUT2D eigenvalue weighted by atomic mass is 127. The predicted molar refractivity (Wildman–Crippen MR) is 59.0 cm³/mol. The molecule has 0 bridgehead atoms. The summed E-state index contributed by atoms with van der Waals surface area (Å²) in [5.41, 5.74) is 1.06. The highest BCUT2D eigenvalue weighted by molar-refractivity contribution is 14.1. The Kier molecular flexibility index (Phi) is 2.83. The van der Waals surface area contributed by atoms with Crippen LogP contribution in [0.4, 0.5) is 4.39 Å². The second-order valence-corrected chi connectivity index (χ2v) is 4.45. The molecule has 2 rings (SSSR count). The Morgan fingerprint density at radius 1 is 1.46 bits per heavy atom. The maximum absolute atomic E-state index is 13.1. The Labute approximate surface area is 90.9 Å². The molecule has 0 radical (unpaired) electrons. The van der Waals surface area contributed by atoms with E-state index >= 15 is 0 Å². The molecule has 1 aliphatic carbocycles. The van der Waals surface area contributed by atoms with Crippen molar-refractivity contribution in [1.29, 1.82) is 0 Å². The molecule has 1 saturated carbocycles. The van der Waals surface area contributed by atoms with E-state index < -0.39 is 0 Å². The van der Waals surface area contributed by atoms with Gasteiger partial charge in [0.25, 0.3) is 0 Å². The summed E-state index contributed by atoms with van der Waals surface area (Å²) in [6, 6.07) is 5.92. The highest BCUT2D eigenvalue weighted by Crippen LogP contribution is 2.21. The second-order valence-electron chi connectivity index (χ2n) is 3.37. The largest absolute Gasteiger partial charge is 0.310 e. The van der Waals surface area contributed by atoms with E-state index in [0.717, 1.165) is 15.7 Å². The lowest BCUT2D eigenvalue weighted by Crippen LogP contribution is -2.16. The standard InChI is InChI=1S/C10H11FIN/c11-9-3-1-2-7(10(9)12)6-13-8-4-5-8/h1-3,8,13H,4-6H2. The van der Waals surface area contributed by atoms with Gasteiger partial charge in [-0.3, -0.25) is 0 Å². The van der Waals surface area contributed by atoms with E-state index in [4.69, 9.17) is 0 Å². The zero-order valence-electron chi connectivity index (χ0n) is 7.19. The van der Waals surface area contributed by atoms with Gasteiger partial charge < -0.3 is 5.32 Å². The van der Waals surface area contributed by atoms with Crippen molar-refractivity contribution in [3.05, 3.63) is 33.1 Å². The number of hydrogen-bond acceptors (Lipinski definition) is 1. The van der Waals surface area contributed by atoms with Crippen LogP contribution in [0.5, 0.6) is 0 Å². The third-order valence-electron chi connectivity index (χ3n) is 2.19. The topological polar surface area (TPSA) is 12.0 Å². The number of halogens is 2. The predicted octanol–water partition coefficient (Wildman–Crippen LogP) is 2.68. The van der Waals surface area contributed by atoms with Gasteiger partial charge in [0.05, 0.1) is 3.57 Å². The average molecular weight is 291 g/mol. The molecule has 1 aromatic rings. The summed E-state index contributed by atoms with van der Waals surface area (Å²) in [6.07, 6.45) is 2.54. The van der Waals surface area contributed by atoms with Crippen LogP contribution >= 0.6 is 22.6 Å². The molecule has 0 aliphatic heterocycles. The van der Waals surface area contributed by atoms with Gasteiger partial charge in [0.15, 0.2) is 0 Å². The minimum Gasteiger partial charge on any atom is -0.310 e. The smallest absolute Gasteiger partial charge is 0.136 e. The fourth-order valence-corrected chi connectivity index (χ4v) is 1.78. The van der Waals surface area contributed by atoms with Crippen LogP contribution in [0.2, 0.25) is 0 Å². The van der Waals surface area contributed by atoms with Crippen LogP contribution in [-0.2, 0) is 6.54 Å². The minimum atomic E-state index is -0.115. The average Bonchev–Trinajstić information content (AvgIpc) is 2.91. The summed E-state index contributed by atoms with van der Waals surface area (Å²) in [7, 11) is 0. The van der Waals surface area contributed by atoms with E-state index in [2.05, 4.69) is 27.9 Å². The molecule has 0 spiro atoms. The number of rotatable bonds is 3. The monoisotopic (exact) mass is 291 g/mol. The van der Waals surface area contributed by atoms with E-state index in [9.17, 15) is 4.39 Å². The van der Waals surface area contributed by atoms with Crippen LogP contribution < -0.4 is 5.32 Å². The molecule has 0 aromatic heterocycles. The van der Waals surface area contributed by atoms with Gasteiger partial charge in [-0.05, 0) is 47.1 Å². The first-order valence-corrected chi connectivity index (χ1v) is 5.51. The van der Waals surface area contributed by atoms with Crippen molar-refractivity contribution in [2.75, 3.05) is 0 Å². The minimum absolute atomic E-state index is 0.115. The molecule has 1 fully saturated rings. The van der Waals surface area contributed by atoms with Gasteiger partial charge in [-0.1, -0.05) is 12.1 Å². The Morgan fingerprint density at radius 3 is 2.92 bits per heavy atom. The molecule has 70 valence electrons. The Bertz CT molecular complexity index is 310. The third-order valence-corrected chi connectivity index (χ3v) is 3.40. The lowest BCUT2D eigenvalue weighted by molar-refractivity contribution is 0.610. The van der Waals surface area contributed by atoms with E-state index in [1.54, 1.807) is 6.07 Å². The first-order chi connectivity index (χ1) is 6.27. The number of benzene rings is 1. The van der Waals surface area contributed by atoms with E-state index in [1.165, 1.54) is 18.9 Å². The SMILES string of the molecule is Fc1cccc(CNC2CC2)c1I. The van der Waals surface area contributed by atoms with Crippen LogP contribution in [0.25, 0.3) is 0 Å². The van der Waals surface area contributed by atoms with E-state index in [1.807, 2.05) is 6.07 Å². The molecule has 1 aliphatic rings. The van der Waals surface area contributed by atoms with E-state index in [-0.39, 0.29) is 5.82 Å². The third kappa shape index (κ3) is 2.40. The van der Waals surface area contributed by atoms with Gasteiger partial charge in [-0.15, -0.1) is 0 Å². The van der Waals surface area contributed by atoms with Gasteiger partial charge in [-0.25, -0.2) is 4.39 Å². The van der Waals surface area contributed by atoms with Crippen LogP contribution in [0.15, 0.2) is 18.2 Å². The summed E-state index contributed by atoms with van der Waals surface area (Å²) in [6.45, 7) is 0.792. The summed E-state index contributed by atoms with van der Waals surface area (Å²) < 4.78 is 13.8. The van der Waals surface area contributed by atoms with Crippen molar-refractivity contribution in [2.45, 2.75) is 25.4 Å². The molecule has 1 aromatic carbocycles. The first kappa shape index (κ1) is 9.40. The fourth-order valence-electron chi connectivity index (χ4n) is 1.23. The Hall–Kier alpha value is -0.160. The fraction of sp³-hybridized carbons (Fsp3) is 0.400. The quantitative estimate of drug-likeness (QED) is 0.844. The molecule has 0 heterocycles. The Morgan fingerprint density at radius 2 is 2.23 bits per heavy atom. The molecule has 0 saturated heterocycles. The van der Waals surface area contributed by atoms with Crippen molar-refractivity contribution in [2.24, 2.45) is 0 Å². The molecular formula is C10H11FIN. The van der Waals surface area contributed by atoms with Crippen LogP contribution in [0, 0.1) is 9.39 Å². The summed E-state index contributed by atoms with van der Waals surface area (Å²) in [5, 5.41) is 3.37. The second kappa shape index (κ2) is 3.92. The molecular weight excluding hydrogens is 280 g/mol. The molecule has 13 heavy (non-hydrogen) atoms. The van der Waals surface area contributed by atoms with Crippen LogP contribution in [0.3, 0.4) is 0 Å². The lowest BCUT2D eigenvalue weighted by atomic mass is 10.2. The summed E-state index contributed by atoms with van der Waals surface area (Å²) in [4.78, 5) is 0. The van der Waals surface area contributed by atoms with E-state index in [0.29, 0.717) is 6.04 Å². The van der Waals surface area contributed by atoms with Gasteiger partial charge in [-0.2, -0.15) is 0 Å². The van der Waals surface area contributed by atoms with Crippen molar-refractivity contribution >= 4 is 22.6 Å². The normalized spacial score (nSPS) is 16.2. The van der Waals surface area contributed by atoms with Gasteiger partial charge in [0, 0.05) is 12.6 Å². The zero-order chi connectivity index (χ0) is 9.26. The highest BCUT2D eigenvalue weighted by Gasteiger charge is 2.20. The van der Waals surface area contributed by atoms with Crippen LogP contribution in [0.1, 0.15) is 18.4 Å². The molecule has 0 unspecified atom stereocenters. The zero-order valence-corrected chi connectivity index (χ0v) is 9.34. The van der Waals surface area contributed by atoms with Crippen molar-refractivity contribution in [3.63, 3.8) is 0 Å². The van der Waals surface area contributed by atoms with Gasteiger partial charge in [0.1, 0.15) is 5.82 Å². The molecule has 0 amide bonds. The molecule has 0 atom stereocenters. The maximum Gasteiger partial charge on any atom is 0.136 e. The molecule has 3 heteroatoms. The van der Waals surface area contributed by atoms with Crippen molar-refractivity contribution in [3.8, 4) is 0 Å². The summed E-state index contributed by atoms with van der Waals surface area (Å²) >= 11 is 2.06. The lowest BCUT2D eigenvalue weighted by Gasteiger charge is -2.05.